The van der Waals surface area contributed by atoms with Gasteiger partial charge >= 0.3 is 0 Å². The number of hydrogen-bond acceptors (Lipinski definition) is 4. The highest BCUT2D eigenvalue weighted by Gasteiger charge is 2.25. The van der Waals surface area contributed by atoms with Crippen molar-refractivity contribution in [3.05, 3.63) is 18.0 Å². The molecule has 0 saturated heterocycles. The zero-order valence-electron chi connectivity index (χ0n) is 11.7. The Bertz CT molecular complexity index is 406. The zero-order chi connectivity index (χ0) is 13.7. The van der Waals surface area contributed by atoms with E-state index in [-0.39, 0.29) is 18.0 Å². The molecular weight excluding hydrogens is 226 g/mol. The van der Waals surface area contributed by atoms with E-state index in [2.05, 4.69) is 23.0 Å². The predicted octanol–water partition coefficient (Wildman–Crippen LogP) is 1.29. The van der Waals surface area contributed by atoms with Gasteiger partial charge in [-0.05, 0) is 20.4 Å². The lowest BCUT2D eigenvalue weighted by Crippen LogP contribution is -2.40. The lowest BCUT2D eigenvalue weighted by molar-refractivity contribution is 0.196. The molecule has 1 rings (SSSR count). The molecule has 3 atom stereocenters. The molecule has 1 heterocycles. The molecule has 0 aliphatic heterocycles. The molecule has 5 nitrogen and oxygen atoms in total. The van der Waals surface area contributed by atoms with Crippen LogP contribution in [-0.4, -0.2) is 34.3 Å². The minimum atomic E-state index is -0.00164. The van der Waals surface area contributed by atoms with Gasteiger partial charge in [0.15, 0.2) is 0 Å². The van der Waals surface area contributed by atoms with Crippen LogP contribution in [0.5, 0.6) is 0 Å². The van der Waals surface area contributed by atoms with Gasteiger partial charge in [-0.3, -0.25) is 9.58 Å². The summed E-state index contributed by atoms with van der Waals surface area (Å²) in [4.78, 5) is 2.15. The molecule has 0 aliphatic carbocycles. The van der Waals surface area contributed by atoms with Gasteiger partial charge in [-0.1, -0.05) is 6.92 Å². The highest BCUT2D eigenvalue weighted by atomic mass is 15.2. The summed E-state index contributed by atoms with van der Waals surface area (Å²) in [5.41, 5.74) is 7.33. The summed E-state index contributed by atoms with van der Waals surface area (Å²) in [7, 11) is 3.91. The van der Waals surface area contributed by atoms with Gasteiger partial charge in [-0.2, -0.15) is 10.4 Å². The summed E-state index contributed by atoms with van der Waals surface area (Å²) in [6, 6.07) is 2.42. The number of nitriles is 1. The third-order valence-electron chi connectivity index (χ3n) is 3.20. The molecule has 18 heavy (non-hydrogen) atoms. The standard InChI is InChI=1S/C13H23N5/c1-5-12(15)13(11-7-16-18(4)9-11)17(3)8-10(2)6-14/h7,9-10,12-13H,5,8,15H2,1-4H3. The Morgan fingerprint density at radius 1 is 1.61 bits per heavy atom. The monoisotopic (exact) mass is 249 g/mol. The fourth-order valence-corrected chi connectivity index (χ4v) is 2.23. The van der Waals surface area contributed by atoms with Crippen molar-refractivity contribution in [3.63, 3.8) is 0 Å². The van der Waals surface area contributed by atoms with Crippen molar-refractivity contribution in [1.29, 1.82) is 5.26 Å². The molecule has 0 aromatic carbocycles. The maximum atomic E-state index is 8.91. The van der Waals surface area contributed by atoms with Gasteiger partial charge in [0.05, 0.1) is 24.2 Å². The van der Waals surface area contributed by atoms with E-state index in [0.717, 1.165) is 12.0 Å². The van der Waals surface area contributed by atoms with Crippen LogP contribution in [-0.2, 0) is 7.05 Å². The molecule has 2 N–H and O–H groups in total. The topological polar surface area (TPSA) is 70.9 Å². The van der Waals surface area contributed by atoms with E-state index in [4.69, 9.17) is 11.0 Å². The van der Waals surface area contributed by atoms with Crippen molar-refractivity contribution in [3.8, 4) is 6.07 Å². The van der Waals surface area contributed by atoms with Gasteiger partial charge in [-0.15, -0.1) is 0 Å². The Hall–Kier alpha value is -1.38. The summed E-state index contributed by atoms with van der Waals surface area (Å²) in [6.07, 6.45) is 4.74. The molecule has 3 unspecified atom stereocenters. The fraction of sp³-hybridized carbons (Fsp3) is 0.692. The second kappa shape index (κ2) is 6.53. The number of nitrogens with two attached hydrogens (primary N) is 1. The summed E-state index contributed by atoms with van der Waals surface area (Å²) in [6.45, 7) is 4.72. The summed E-state index contributed by atoms with van der Waals surface area (Å²) in [5, 5.41) is 13.1. The Morgan fingerprint density at radius 2 is 2.28 bits per heavy atom. The van der Waals surface area contributed by atoms with Gasteiger partial charge in [-0.25, -0.2) is 0 Å². The van der Waals surface area contributed by atoms with E-state index in [9.17, 15) is 0 Å². The van der Waals surface area contributed by atoms with Crippen LogP contribution in [0.2, 0.25) is 0 Å². The average Bonchev–Trinajstić information content (AvgIpc) is 2.75. The molecule has 0 aliphatic rings. The summed E-state index contributed by atoms with van der Waals surface area (Å²) >= 11 is 0. The second-order valence-electron chi connectivity index (χ2n) is 4.93. The fourth-order valence-electron chi connectivity index (χ4n) is 2.23. The maximum Gasteiger partial charge on any atom is 0.0666 e. The minimum absolute atomic E-state index is 0.00164. The Kier molecular flexibility index (Phi) is 5.32. The number of likely N-dealkylation sites (N-methyl/N-ethyl adjacent to an activating group) is 1. The van der Waals surface area contributed by atoms with Crippen molar-refractivity contribution in [2.45, 2.75) is 32.4 Å². The second-order valence-corrected chi connectivity index (χ2v) is 4.93. The first-order chi connectivity index (χ1) is 8.49. The van der Waals surface area contributed by atoms with Crippen LogP contribution >= 0.6 is 0 Å². The third-order valence-corrected chi connectivity index (χ3v) is 3.20. The first-order valence-corrected chi connectivity index (χ1v) is 6.33. The Morgan fingerprint density at radius 3 is 2.72 bits per heavy atom. The Balaban J connectivity index is 2.88. The third kappa shape index (κ3) is 3.56. The molecule has 0 radical (unpaired) electrons. The van der Waals surface area contributed by atoms with Crippen LogP contribution < -0.4 is 5.73 Å². The highest BCUT2D eigenvalue weighted by Crippen LogP contribution is 2.24. The van der Waals surface area contributed by atoms with Crippen LogP contribution in [0.3, 0.4) is 0 Å². The van der Waals surface area contributed by atoms with Crippen molar-refractivity contribution < 1.29 is 0 Å². The van der Waals surface area contributed by atoms with Crippen LogP contribution in [0, 0.1) is 17.2 Å². The number of rotatable bonds is 6. The molecule has 1 aromatic rings. The molecule has 100 valence electrons. The highest BCUT2D eigenvalue weighted by molar-refractivity contribution is 5.13. The van der Waals surface area contributed by atoms with Crippen molar-refractivity contribution >= 4 is 0 Å². The summed E-state index contributed by atoms with van der Waals surface area (Å²) in [5.74, 6) is -0.00164. The molecule has 0 amide bonds. The van der Waals surface area contributed by atoms with E-state index >= 15 is 0 Å². The lowest BCUT2D eigenvalue weighted by Gasteiger charge is -2.32. The lowest BCUT2D eigenvalue weighted by atomic mass is 9.98. The van der Waals surface area contributed by atoms with Crippen molar-refractivity contribution in [1.82, 2.24) is 14.7 Å². The molecular formula is C13H23N5. The molecule has 0 fully saturated rings. The quantitative estimate of drug-likeness (QED) is 0.824. The van der Waals surface area contributed by atoms with Crippen LogP contribution in [0.1, 0.15) is 31.9 Å². The van der Waals surface area contributed by atoms with Gasteiger partial charge in [0, 0.05) is 31.4 Å². The van der Waals surface area contributed by atoms with E-state index < -0.39 is 0 Å². The van der Waals surface area contributed by atoms with Gasteiger partial charge < -0.3 is 5.73 Å². The molecule has 0 saturated carbocycles. The van der Waals surface area contributed by atoms with Crippen LogP contribution in [0.25, 0.3) is 0 Å². The number of nitrogens with zero attached hydrogens (tertiary/aromatic N) is 4. The smallest absolute Gasteiger partial charge is 0.0666 e. The number of hydrogen-bond donors (Lipinski definition) is 1. The van der Waals surface area contributed by atoms with E-state index in [1.54, 1.807) is 4.68 Å². The Labute approximate surface area is 109 Å². The molecule has 0 bridgehead atoms. The van der Waals surface area contributed by atoms with E-state index in [1.165, 1.54) is 0 Å². The number of aromatic nitrogens is 2. The van der Waals surface area contributed by atoms with Gasteiger partial charge in [0.2, 0.25) is 0 Å². The van der Waals surface area contributed by atoms with Crippen LogP contribution in [0.15, 0.2) is 12.4 Å². The summed E-state index contributed by atoms with van der Waals surface area (Å²) < 4.78 is 1.78. The predicted molar refractivity (Wildman–Crippen MR) is 71.6 cm³/mol. The largest absolute Gasteiger partial charge is 0.326 e. The first kappa shape index (κ1) is 14.7. The molecule has 0 spiro atoms. The first-order valence-electron chi connectivity index (χ1n) is 6.33. The normalized spacial score (nSPS) is 16.3. The SMILES string of the molecule is CCC(N)C(c1cnn(C)c1)N(C)CC(C)C#N. The van der Waals surface area contributed by atoms with Crippen LogP contribution in [0.4, 0.5) is 0 Å². The van der Waals surface area contributed by atoms with Gasteiger partial charge in [0.25, 0.3) is 0 Å². The van der Waals surface area contributed by atoms with E-state index in [0.29, 0.717) is 6.54 Å². The zero-order valence-corrected chi connectivity index (χ0v) is 11.7. The number of aryl methyl sites for hydroxylation is 1. The van der Waals surface area contributed by atoms with Gasteiger partial charge in [0.1, 0.15) is 0 Å². The van der Waals surface area contributed by atoms with Crippen molar-refractivity contribution in [2.75, 3.05) is 13.6 Å². The maximum absolute atomic E-state index is 8.91. The average molecular weight is 249 g/mol. The molecule has 5 heteroatoms. The molecule has 1 aromatic heterocycles. The minimum Gasteiger partial charge on any atom is -0.326 e. The van der Waals surface area contributed by atoms with Crippen molar-refractivity contribution in [2.24, 2.45) is 18.7 Å². The van der Waals surface area contributed by atoms with E-state index in [1.807, 2.05) is 33.4 Å².